The van der Waals surface area contributed by atoms with Crippen molar-refractivity contribution in [2.24, 2.45) is 0 Å². The molecule has 3 aromatic carbocycles. The van der Waals surface area contributed by atoms with Crippen LogP contribution in [0.15, 0.2) is 90.6 Å². The van der Waals surface area contributed by atoms with Gasteiger partial charge >= 0.3 is 0 Å². The molecule has 0 spiro atoms. The van der Waals surface area contributed by atoms with E-state index in [0.717, 1.165) is 22.5 Å². The SMILES string of the molecule is CC1Cc2ccccc2N1c1ncnc2scc(-c3ccc(-c4ccccc4)cc3)c12. The van der Waals surface area contributed by atoms with E-state index in [1.54, 1.807) is 17.7 Å². The molecule has 6 rings (SSSR count). The Balaban J connectivity index is 1.48. The molecule has 5 aromatic rings. The Hall–Kier alpha value is -3.50. The molecule has 1 unspecified atom stereocenters. The molecule has 2 aromatic heterocycles. The summed E-state index contributed by atoms with van der Waals surface area (Å²) >= 11 is 1.69. The van der Waals surface area contributed by atoms with Crippen molar-refractivity contribution in [3.63, 3.8) is 0 Å². The highest BCUT2D eigenvalue weighted by Crippen LogP contribution is 2.44. The fourth-order valence-electron chi connectivity index (χ4n) is 4.62. The third kappa shape index (κ3) is 3.03. The van der Waals surface area contributed by atoms with Crippen LogP contribution < -0.4 is 4.90 Å². The van der Waals surface area contributed by atoms with E-state index < -0.39 is 0 Å². The molecule has 0 saturated heterocycles. The number of nitrogens with zero attached hydrogens (tertiary/aromatic N) is 3. The summed E-state index contributed by atoms with van der Waals surface area (Å²) < 4.78 is 0. The maximum Gasteiger partial charge on any atom is 0.146 e. The highest BCUT2D eigenvalue weighted by molar-refractivity contribution is 7.17. The van der Waals surface area contributed by atoms with Gasteiger partial charge in [-0.25, -0.2) is 9.97 Å². The number of fused-ring (bicyclic) bond motifs is 2. The quantitative estimate of drug-likeness (QED) is 0.312. The number of hydrogen-bond donors (Lipinski definition) is 0. The van der Waals surface area contributed by atoms with Crippen molar-refractivity contribution in [3.8, 4) is 22.3 Å². The van der Waals surface area contributed by atoms with Crippen molar-refractivity contribution < 1.29 is 0 Å². The van der Waals surface area contributed by atoms with Crippen molar-refractivity contribution in [2.75, 3.05) is 4.90 Å². The van der Waals surface area contributed by atoms with Crippen molar-refractivity contribution in [1.82, 2.24) is 9.97 Å². The zero-order valence-corrected chi connectivity index (χ0v) is 18.0. The lowest BCUT2D eigenvalue weighted by molar-refractivity contribution is 0.752. The standard InChI is InChI=1S/C27H21N3S/c1-18-15-22-9-5-6-10-24(22)30(18)26-25-23(16-31-27(25)29-17-28-26)21-13-11-20(12-14-21)19-7-3-2-4-8-19/h2-14,16-18H,15H2,1H3. The summed E-state index contributed by atoms with van der Waals surface area (Å²) in [4.78, 5) is 12.8. The van der Waals surface area contributed by atoms with Crippen LogP contribution in [0.1, 0.15) is 12.5 Å². The number of rotatable bonds is 3. The van der Waals surface area contributed by atoms with Crippen LogP contribution in [0.3, 0.4) is 0 Å². The minimum atomic E-state index is 0.365. The van der Waals surface area contributed by atoms with Gasteiger partial charge in [0.1, 0.15) is 17.0 Å². The van der Waals surface area contributed by atoms with E-state index in [1.807, 2.05) is 6.07 Å². The second-order valence-corrected chi connectivity index (χ2v) is 8.88. The number of benzene rings is 3. The zero-order chi connectivity index (χ0) is 20.8. The van der Waals surface area contributed by atoms with Gasteiger partial charge in [0.2, 0.25) is 0 Å². The summed E-state index contributed by atoms with van der Waals surface area (Å²) in [5, 5.41) is 3.36. The van der Waals surface area contributed by atoms with Gasteiger partial charge in [0.05, 0.1) is 5.39 Å². The lowest BCUT2D eigenvalue weighted by Crippen LogP contribution is -2.25. The summed E-state index contributed by atoms with van der Waals surface area (Å²) in [6, 6.07) is 28.3. The molecule has 4 heteroatoms. The molecule has 0 radical (unpaired) electrons. The Morgan fingerprint density at radius 3 is 2.35 bits per heavy atom. The Bertz CT molecular complexity index is 1370. The van der Waals surface area contributed by atoms with Gasteiger partial charge < -0.3 is 4.90 Å². The van der Waals surface area contributed by atoms with E-state index in [9.17, 15) is 0 Å². The molecule has 0 bridgehead atoms. The number of hydrogen-bond acceptors (Lipinski definition) is 4. The summed E-state index contributed by atoms with van der Waals surface area (Å²) in [6.45, 7) is 2.27. The molecule has 0 aliphatic carbocycles. The molecule has 1 atom stereocenters. The molecule has 0 amide bonds. The van der Waals surface area contributed by atoms with E-state index in [1.165, 1.54) is 33.5 Å². The third-order valence-corrected chi connectivity index (χ3v) is 6.98. The fourth-order valence-corrected chi connectivity index (χ4v) is 5.53. The van der Waals surface area contributed by atoms with Crippen LogP contribution in [0.5, 0.6) is 0 Å². The van der Waals surface area contributed by atoms with Crippen LogP contribution in [0, 0.1) is 0 Å². The van der Waals surface area contributed by atoms with Crippen molar-refractivity contribution in [2.45, 2.75) is 19.4 Å². The molecular weight excluding hydrogens is 398 g/mol. The van der Waals surface area contributed by atoms with Crippen LogP contribution in [0.4, 0.5) is 11.5 Å². The van der Waals surface area contributed by atoms with Gasteiger partial charge in [0.25, 0.3) is 0 Å². The molecule has 0 fully saturated rings. The van der Waals surface area contributed by atoms with Gasteiger partial charge in [0, 0.05) is 22.7 Å². The molecule has 0 N–H and O–H groups in total. The first-order valence-electron chi connectivity index (χ1n) is 10.5. The highest BCUT2D eigenvalue weighted by atomic mass is 32.1. The van der Waals surface area contributed by atoms with Crippen LogP contribution in [-0.2, 0) is 6.42 Å². The first kappa shape index (κ1) is 18.3. The molecule has 3 heterocycles. The predicted octanol–water partition coefficient (Wildman–Crippen LogP) is 7.11. The predicted molar refractivity (Wildman–Crippen MR) is 130 cm³/mol. The summed E-state index contributed by atoms with van der Waals surface area (Å²) in [5.41, 5.74) is 7.49. The molecule has 1 aliphatic heterocycles. The molecule has 150 valence electrons. The molecule has 31 heavy (non-hydrogen) atoms. The highest BCUT2D eigenvalue weighted by Gasteiger charge is 2.30. The summed E-state index contributed by atoms with van der Waals surface area (Å²) in [6.07, 6.45) is 2.73. The van der Waals surface area contributed by atoms with E-state index in [0.29, 0.717) is 6.04 Å². The number of para-hydroxylation sites is 1. The molecule has 1 aliphatic rings. The zero-order valence-electron chi connectivity index (χ0n) is 17.2. The minimum absolute atomic E-state index is 0.365. The third-order valence-electron chi connectivity index (χ3n) is 6.09. The first-order valence-corrected chi connectivity index (χ1v) is 11.4. The number of anilines is 2. The second-order valence-electron chi connectivity index (χ2n) is 8.02. The Morgan fingerprint density at radius 1 is 0.806 bits per heavy atom. The second kappa shape index (κ2) is 7.33. The van der Waals surface area contributed by atoms with Gasteiger partial charge in [-0.05, 0) is 41.7 Å². The van der Waals surface area contributed by atoms with Crippen molar-refractivity contribution in [3.05, 3.63) is 96.1 Å². The maximum absolute atomic E-state index is 4.78. The average Bonchev–Trinajstić information content (AvgIpc) is 3.40. The van der Waals surface area contributed by atoms with E-state index in [4.69, 9.17) is 4.98 Å². The number of thiophene rings is 1. The van der Waals surface area contributed by atoms with E-state index in [2.05, 4.69) is 95.0 Å². The largest absolute Gasteiger partial charge is 0.322 e. The minimum Gasteiger partial charge on any atom is -0.322 e. The fraction of sp³-hybridized carbons (Fsp3) is 0.111. The van der Waals surface area contributed by atoms with Gasteiger partial charge in [-0.3, -0.25) is 0 Å². The molecule has 0 saturated carbocycles. The summed E-state index contributed by atoms with van der Waals surface area (Å²) in [7, 11) is 0. The van der Waals surface area contributed by atoms with E-state index in [-0.39, 0.29) is 0 Å². The van der Waals surface area contributed by atoms with Gasteiger partial charge in [-0.1, -0.05) is 72.8 Å². The van der Waals surface area contributed by atoms with Crippen molar-refractivity contribution in [1.29, 1.82) is 0 Å². The normalized spacial score (nSPS) is 15.4. The van der Waals surface area contributed by atoms with Crippen LogP contribution in [0.25, 0.3) is 32.5 Å². The maximum atomic E-state index is 4.78. The first-order chi connectivity index (χ1) is 15.3. The van der Waals surface area contributed by atoms with Crippen molar-refractivity contribution >= 4 is 33.1 Å². The average molecular weight is 420 g/mol. The Labute approximate surface area is 185 Å². The van der Waals surface area contributed by atoms with Gasteiger partial charge in [-0.15, -0.1) is 11.3 Å². The van der Waals surface area contributed by atoms with E-state index >= 15 is 0 Å². The lowest BCUT2D eigenvalue weighted by Gasteiger charge is -2.24. The molecular formula is C27H21N3S. The van der Waals surface area contributed by atoms with Gasteiger partial charge in [0.15, 0.2) is 0 Å². The Kier molecular flexibility index (Phi) is 4.32. The molecule has 3 nitrogen and oxygen atoms in total. The van der Waals surface area contributed by atoms with Crippen LogP contribution >= 0.6 is 11.3 Å². The van der Waals surface area contributed by atoms with Crippen LogP contribution in [0.2, 0.25) is 0 Å². The Morgan fingerprint density at radius 2 is 1.52 bits per heavy atom. The smallest absolute Gasteiger partial charge is 0.146 e. The topological polar surface area (TPSA) is 29.0 Å². The summed E-state index contributed by atoms with van der Waals surface area (Å²) in [5.74, 6) is 1.01. The van der Waals surface area contributed by atoms with Crippen LogP contribution in [-0.4, -0.2) is 16.0 Å². The number of aromatic nitrogens is 2. The monoisotopic (exact) mass is 419 g/mol. The van der Waals surface area contributed by atoms with Gasteiger partial charge in [-0.2, -0.15) is 0 Å². The lowest BCUT2D eigenvalue weighted by atomic mass is 10.0.